The first-order chi connectivity index (χ1) is 19.6. The van der Waals surface area contributed by atoms with Crippen molar-refractivity contribution < 1.29 is 0 Å². The molecule has 192 valence electrons. The molecule has 0 spiro atoms. The standard InChI is InChI=1S/C37H29N3/c1-37(2)30-19-25(17-18-26(30)28-20-29-27-15-9-10-16-32(27)38-35(29)21-31(28)37)36-39-33(23-11-5-3-6-12-23)22-34(40-36)24-13-7-4-8-14-24/h3-22,29,35,38H,1-2H3. The number of aromatic nitrogens is 2. The predicted molar refractivity (Wildman–Crippen MR) is 164 cm³/mol. The summed E-state index contributed by atoms with van der Waals surface area (Å²) in [5.74, 6) is 1.11. The Labute approximate surface area is 235 Å². The van der Waals surface area contributed by atoms with E-state index in [1.165, 1.54) is 33.5 Å². The van der Waals surface area contributed by atoms with E-state index in [0.717, 1.165) is 33.9 Å². The van der Waals surface area contributed by atoms with Crippen LogP contribution in [0.4, 0.5) is 5.69 Å². The summed E-state index contributed by atoms with van der Waals surface area (Å²) in [4.78, 5) is 10.2. The van der Waals surface area contributed by atoms with Crippen molar-refractivity contribution in [1.29, 1.82) is 0 Å². The van der Waals surface area contributed by atoms with Gasteiger partial charge in [-0.25, -0.2) is 9.97 Å². The number of rotatable bonds is 3. The van der Waals surface area contributed by atoms with Gasteiger partial charge >= 0.3 is 0 Å². The summed E-state index contributed by atoms with van der Waals surface area (Å²) in [5, 5.41) is 3.75. The lowest BCUT2D eigenvalue weighted by Gasteiger charge is -2.28. The summed E-state index contributed by atoms with van der Waals surface area (Å²) in [5.41, 5.74) is 13.1. The van der Waals surface area contributed by atoms with Gasteiger partial charge in [0, 0.05) is 33.7 Å². The predicted octanol–water partition coefficient (Wildman–Crippen LogP) is 8.67. The van der Waals surface area contributed by atoms with Crippen molar-refractivity contribution in [3.05, 3.63) is 144 Å². The van der Waals surface area contributed by atoms with Crippen LogP contribution in [0.15, 0.2) is 127 Å². The molecule has 0 saturated carbocycles. The average Bonchev–Trinajstić information content (AvgIpc) is 3.48. The number of anilines is 1. The number of allylic oxidation sites excluding steroid dienone is 2. The number of para-hydroxylation sites is 1. The van der Waals surface area contributed by atoms with Gasteiger partial charge in [-0.15, -0.1) is 0 Å². The molecule has 4 aromatic carbocycles. The molecule has 3 heteroatoms. The van der Waals surface area contributed by atoms with Crippen LogP contribution in [0.1, 0.15) is 36.5 Å². The van der Waals surface area contributed by atoms with Crippen molar-refractivity contribution in [2.45, 2.75) is 31.2 Å². The Morgan fingerprint density at radius 3 is 2.00 bits per heavy atom. The lowest BCUT2D eigenvalue weighted by atomic mass is 9.77. The molecule has 2 aliphatic carbocycles. The Morgan fingerprint density at radius 2 is 1.30 bits per heavy atom. The van der Waals surface area contributed by atoms with Crippen LogP contribution in [0.3, 0.4) is 0 Å². The van der Waals surface area contributed by atoms with Crippen LogP contribution in [0, 0.1) is 0 Å². The van der Waals surface area contributed by atoms with E-state index in [4.69, 9.17) is 9.97 Å². The van der Waals surface area contributed by atoms with E-state index in [9.17, 15) is 0 Å². The molecule has 5 aromatic rings. The Hall–Kier alpha value is -4.76. The number of fused-ring (bicyclic) bond motifs is 6. The van der Waals surface area contributed by atoms with Crippen LogP contribution in [0.2, 0.25) is 0 Å². The van der Waals surface area contributed by atoms with Crippen LogP contribution in [0.25, 0.3) is 39.5 Å². The molecule has 2 heterocycles. The van der Waals surface area contributed by atoms with Gasteiger partial charge < -0.3 is 5.32 Å². The van der Waals surface area contributed by atoms with E-state index < -0.39 is 0 Å². The van der Waals surface area contributed by atoms with Crippen LogP contribution in [-0.2, 0) is 5.41 Å². The van der Waals surface area contributed by atoms with Gasteiger partial charge in [0.05, 0.1) is 17.4 Å². The maximum atomic E-state index is 5.08. The topological polar surface area (TPSA) is 37.8 Å². The summed E-state index contributed by atoms with van der Waals surface area (Å²) in [6, 6.07) is 38.7. The van der Waals surface area contributed by atoms with E-state index >= 15 is 0 Å². The van der Waals surface area contributed by atoms with Crippen molar-refractivity contribution in [2.75, 3.05) is 5.32 Å². The van der Waals surface area contributed by atoms with Gasteiger partial charge in [0.1, 0.15) is 0 Å². The highest BCUT2D eigenvalue weighted by Gasteiger charge is 2.43. The van der Waals surface area contributed by atoms with Gasteiger partial charge in [-0.1, -0.05) is 117 Å². The van der Waals surface area contributed by atoms with E-state index in [2.05, 4.69) is 128 Å². The number of nitrogens with one attached hydrogen (secondary N) is 1. The first-order valence-electron chi connectivity index (χ1n) is 14.0. The third kappa shape index (κ3) is 3.51. The molecule has 0 radical (unpaired) electrons. The van der Waals surface area contributed by atoms with Crippen molar-refractivity contribution in [2.24, 2.45) is 0 Å². The minimum Gasteiger partial charge on any atom is -0.378 e. The second-order valence-corrected chi connectivity index (χ2v) is 11.5. The van der Waals surface area contributed by atoms with E-state index in [-0.39, 0.29) is 5.41 Å². The highest BCUT2D eigenvalue weighted by atomic mass is 15.0. The molecule has 0 bridgehead atoms. The molecule has 3 nitrogen and oxygen atoms in total. The number of hydrogen-bond donors (Lipinski definition) is 1. The van der Waals surface area contributed by atoms with Crippen molar-refractivity contribution in [3.63, 3.8) is 0 Å². The fraction of sp³-hybridized carbons (Fsp3) is 0.135. The zero-order valence-corrected chi connectivity index (χ0v) is 22.6. The minimum absolute atomic E-state index is 0.113. The SMILES string of the molecule is CC1(C)C2=CC3Nc4ccccc4C3C=C2c2ccc(-c3nc(-c4ccccc4)cc(-c4ccccc4)n3)cc21. The highest BCUT2D eigenvalue weighted by molar-refractivity contribution is 5.93. The molecular weight excluding hydrogens is 486 g/mol. The van der Waals surface area contributed by atoms with Crippen molar-refractivity contribution in [3.8, 4) is 33.9 Å². The van der Waals surface area contributed by atoms with Gasteiger partial charge in [0.2, 0.25) is 0 Å². The monoisotopic (exact) mass is 515 g/mol. The smallest absolute Gasteiger partial charge is 0.160 e. The molecule has 40 heavy (non-hydrogen) atoms. The normalized spacial score (nSPS) is 19.4. The van der Waals surface area contributed by atoms with Crippen LogP contribution < -0.4 is 5.32 Å². The summed E-state index contributed by atoms with van der Waals surface area (Å²) in [6.07, 6.45) is 4.96. The van der Waals surface area contributed by atoms with E-state index in [0.29, 0.717) is 12.0 Å². The summed E-state index contributed by atoms with van der Waals surface area (Å²) < 4.78 is 0. The van der Waals surface area contributed by atoms with Gasteiger partial charge in [-0.3, -0.25) is 0 Å². The van der Waals surface area contributed by atoms with Crippen LogP contribution >= 0.6 is 0 Å². The van der Waals surface area contributed by atoms with Crippen LogP contribution in [-0.4, -0.2) is 16.0 Å². The second kappa shape index (κ2) is 8.62. The van der Waals surface area contributed by atoms with Crippen LogP contribution in [0.5, 0.6) is 0 Å². The minimum atomic E-state index is -0.113. The van der Waals surface area contributed by atoms with Gasteiger partial charge in [0.15, 0.2) is 5.82 Å². The lowest BCUT2D eigenvalue weighted by Crippen LogP contribution is -2.24. The molecule has 1 aromatic heterocycles. The third-order valence-corrected chi connectivity index (χ3v) is 8.79. The Morgan fingerprint density at radius 1 is 0.650 bits per heavy atom. The fourth-order valence-electron chi connectivity index (χ4n) is 6.71. The molecule has 0 saturated heterocycles. The first-order valence-corrected chi connectivity index (χ1v) is 14.0. The Bertz CT molecular complexity index is 1790. The van der Waals surface area contributed by atoms with Crippen molar-refractivity contribution in [1.82, 2.24) is 9.97 Å². The van der Waals surface area contributed by atoms with Gasteiger partial charge in [0.25, 0.3) is 0 Å². The molecule has 2 unspecified atom stereocenters. The third-order valence-electron chi connectivity index (χ3n) is 8.79. The average molecular weight is 516 g/mol. The number of benzene rings is 4. The Balaban J connectivity index is 1.26. The molecule has 0 amide bonds. The molecule has 1 N–H and O–H groups in total. The van der Waals surface area contributed by atoms with E-state index in [1.807, 2.05) is 12.1 Å². The molecule has 3 aliphatic rings. The largest absolute Gasteiger partial charge is 0.378 e. The van der Waals surface area contributed by atoms with Gasteiger partial charge in [-0.2, -0.15) is 0 Å². The highest BCUT2D eigenvalue weighted by Crippen LogP contribution is 2.55. The molecule has 1 aliphatic heterocycles. The zero-order chi connectivity index (χ0) is 26.8. The van der Waals surface area contributed by atoms with Gasteiger partial charge in [-0.05, 0) is 46.0 Å². The molecule has 2 atom stereocenters. The zero-order valence-electron chi connectivity index (χ0n) is 22.6. The summed E-state index contributed by atoms with van der Waals surface area (Å²) in [6.45, 7) is 4.70. The fourth-order valence-corrected chi connectivity index (χ4v) is 6.71. The summed E-state index contributed by atoms with van der Waals surface area (Å²) >= 11 is 0. The first kappa shape index (κ1) is 23.2. The maximum absolute atomic E-state index is 5.08. The second-order valence-electron chi connectivity index (χ2n) is 11.5. The molecule has 0 fully saturated rings. The molecular formula is C37H29N3. The molecule has 8 rings (SSSR count). The quantitative estimate of drug-likeness (QED) is 0.261. The summed E-state index contributed by atoms with van der Waals surface area (Å²) in [7, 11) is 0. The maximum Gasteiger partial charge on any atom is 0.160 e. The number of nitrogens with zero attached hydrogens (tertiary/aromatic N) is 2. The number of hydrogen-bond acceptors (Lipinski definition) is 3. The lowest BCUT2D eigenvalue weighted by molar-refractivity contribution is 0.646. The Kier molecular flexibility index (Phi) is 4.99. The van der Waals surface area contributed by atoms with E-state index in [1.54, 1.807) is 0 Å². The van der Waals surface area contributed by atoms with Crippen molar-refractivity contribution >= 4 is 11.3 Å².